The van der Waals surface area contributed by atoms with Crippen LogP contribution in [0.3, 0.4) is 0 Å². The average Bonchev–Trinajstić information content (AvgIpc) is 2.12. The predicted octanol–water partition coefficient (Wildman–Crippen LogP) is 1.83. The summed E-state index contributed by atoms with van der Waals surface area (Å²) in [4.78, 5) is 2.42. The molecule has 0 N–H and O–H groups in total. The van der Waals surface area contributed by atoms with E-state index >= 15 is 0 Å². The Kier molecular flexibility index (Phi) is 2.61. The van der Waals surface area contributed by atoms with Gasteiger partial charge in [-0.2, -0.15) is 5.10 Å². The topological polar surface area (TPSA) is 38.2 Å². The second-order valence-corrected chi connectivity index (χ2v) is 5.70. The van der Waals surface area contributed by atoms with Crippen LogP contribution in [-0.2, 0) is 4.74 Å². The summed E-state index contributed by atoms with van der Waals surface area (Å²) in [6.07, 6.45) is 0. The van der Waals surface area contributed by atoms with E-state index < -0.39 is 0 Å². The highest BCUT2D eigenvalue weighted by atomic mass is 35.5. The van der Waals surface area contributed by atoms with Gasteiger partial charge in [0.1, 0.15) is 0 Å². The highest BCUT2D eigenvalue weighted by Gasteiger charge is 2.50. The van der Waals surface area contributed by atoms with E-state index in [0.717, 1.165) is 37.6 Å². The largest absolute Gasteiger partial charge is 0.380 e. The minimum Gasteiger partial charge on any atom is -0.380 e. The second-order valence-electron chi connectivity index (χ2n) is 5.31. The van der Waals surface area contributed by atoms with Crippen molar-refractivity contribution in [1.29, 1.82) is 0 Å². The second kappa shape index (κ2) is 3.90. The molecule has 2 aliphatic heterocycles. The maximum atomic E-state index is 5.82. The monoisotopic (exact) mass is 253 g/mol. The first-order valence-corrected chi connectivity index (χ1v) is 6.29. The van der Waals surface area contributed by atoms with E-state index in [4.69, 9.17) is 16.3 Å². The molecule has 0 aliphatic carbocycles. The molecule has 5 heteroatoms. The summed E-state index contributed by atoms with van der Waals surface area (Å²) in [7, 11) is 0. The maximum absolute atomic E-state index is 5.82. The van der Waals surface area contributed by atoms with Crippen LogP contribution in [0, 0.1) is 12.3 Å². The Labute approximate surface area is 106 Å². The van der Waals surface area contributed by atoms with Gasteiger partial charge in [0, 0.05) is 18.5 Å². The van der Waals surface area contributed by atoms with Crippen molar-refractivity contribution in [3.8, 4) is 0 Å². The van der Waals surface area contributed by atoms with Crippen molar-refractivity contribution < 1.29 is 4.74 Å². The summed E-state index contributed by atoms with van der Waals surface area (Å²) in [6.45, 7) is 8.27. The van der Waals surface area contributed by atoms with Crippen LogP contribution in [-0.4, -0.2) is 41.4 Å². The first-order valence-electron chi connectivity index (χ1n) is 5.91. The lowest BCUT2D eigenvalue weighted by molar-refractivity contribution is -0.198. The van der Waals surface area contributed by atoms with E-state index in [1.165, 1.54) is 0 Å². The van der Waals surface area contributed by atoms with Crippen LogP contribution in [0.25, 0.3) is 0 Å². The molecule has 17 heavy (non-hydrogen) atoms. The number of aryl methyl sites for hydroxylation is 1. The fraction of sp³-hybridized carbons (Fsp3) is 0.667. The summed E-state index contributed by atoms with van der Waals surface area (Å²) in [5.74, 6) is 0. The highest BCUT2D eigenvalue weighted by molar-refractivity contribution is 6.29. The van der Waals surface area contributed by atoms with Gasteiger partial charge in [0.15, 0.2) is 5.15 Å². The van der Waals surface area contributed by atoms with Gasteiger partial charge in [0.05, 0.1) is 24.9 Å². The fourth-order valence-corrected chi connectivity index (χ4v) is 2.91. The van der Waals surface area contributed by atoms with Gasteiger partial charge in [0.25, 0.3) is 0 Å². The maximum Gasteiger partial charge on any atom is 0.151 e. The van der Waals surface area contributed by atoms with E-state index in [-0.39, 0.29) is 0 Å². The molecule has 0 saturated carbocycles. The molecule has 0 aromatic carbocycles. The predicted molar refractivity (Wildman–Crippen MR) is 65.0 cm³/mol. The normalized spacial score (nSPS) is 24.2. The first kappa shape index (κ1) is 11.4. The Bertz CT molecular complexity index is 439. The molecule has 2 saturated heterocycles. The van der Waals surface area contributed by atoms with Crippen LogP contribution in [0.2, 0.25) is 5.15 Å². The molecule has 2 fully saturated rings. The molecule has 0 bridgehead atoms. The molecular weight excluding hydrogens is 238 g/mol. The molecule has 1 unspecified atom stereocenters. The van der Waals surface area contributed by atoms with Crippen LogP contribution in [0.4, 0.5) is 0 Å². The van der Waals surface area contributed by atoms with E-state index in [1.54, 1.807) is 0 Å². The van der Waals surface area contributed by atoms with Crippen LogP contribution in [0.15, 0.2) is 6.07 Å². The number of hydrogen-bond donors (Lipinski definition) is 0. The zero-order chi connectivity index (χ0) is 12.0. The van der Waals surface area contributed by atoms with Gasteiger partial charge in [-0.25, -0.2) is 0 Å². The van der Waals surface area contributed by atoms with Crippen molar-refractivity contribution in [1.82, 2.24) is 15.1 Å². The van der Waals surface area contributed by atoms with Gasteiger partial charge in [0.2, 0.25) is 0 Å². The molecule has 92 valence electrons. The van der Waals surface area contributed by atoms with Crippen molar-refractivity contribution in [2.75, 3.05) is 26.3 Å². The van der Waals surface area contributed by atoms with Crippen LogP contribution in [0.1, 0.15) is 24.2 Å². The molecule has 1 aromatic rings. The van der Waals surface area contributed by atoms with Crippen molar-refractivity contribution in [2.45, 2.75) is 19.9 Å². The Balaban J connectivity index is 1.72. The number of likely N-dealkylation sites (tertiary alicyclic amines) is 1. The summed E-state index contributed by atoms with van der Waals surface area (Å²) in [5.41, 5.74) is 2.59. The van der Waals surface area contributed by atoms with E-state index in [9.17, 15) is 0 Å². The van der Waals surface area contributed by atoms with E-state index in [1.807, 2.05) is 13.0 Å². The molecule has 1 aromatic heterocycles. The van der Waals surface area contributed by atoms with Crippen LogP contribution >= 0.6 is 11.6 Å². The number of ether oxygens (including phenoxy) is 1. The number of rotatable bonds is 2. The van der Waals surface area contributed by atoms with Crippen LogP contribution in [0.5, 0.6) is 0 Å². The van der Waals surface area contributed by atoms with Gasteiger partial charge in [-0.15, -0.1) is 5.10 Å². The third-order valence-corrected chi connectivity index (χ3v) is 4.01. The lowest BCUT2D eigenvalue weighted by Crippen LogP contribution is -2.66. The SMILES string of the molecule is Cc1cc(Cl)nnc1C(C)N1CC2(COC2)C1. The lowest BCUT2D eigenvalue weighted by atomic mass is 9.77. The minimum atomic E-state index is 0.311. The summed E-state index contributed by atoms with van der Waals surface area (Å²) in [6, 6.07) is 2.19. The van der Waals surface area contributed by atoms with Crippen molar-refractivity contribution in [3.63, 3.8) is 0 Å². The Morgan fingerprint density at radius 3 is 2.65 bits per heavy atom. The highest BCUT2D eigenvalue weighted by Crippen LogP contribution is 2.41. The van der Waals surface area contributed by atoms with E-state index in [0.29, 0.717) is 16.6 Å². The quantitative estimate of drug-likeness (QED) is 0.806. The first-order chi connectivity index (χ1) is 8.10. The third-order valence-electron chi connectivity index (χ3n) is 3.83. The Morgan fingerprint density at radius 1 is 1.41 bits per heavy atom. The summed E-state index contributed by atoms with van der Waals surface area (Å²) < 4.78 is 5.28. The smallest absolute Gasteiger partial charge is 0.151 e. The molecule has 4 nitrogen and oxygen atoms in total. The molecule has 1 atom stereocenters. The lowest BCUT2D eigenvalue weighted by Gasteiger charge is -2.56. The fourth-order valence-electron chi connectivity index (χ4n) is 2.71. The van der Waals surface area contributed by atoms with Crippen LogP contribution < -0.4 is 0 Å². The molecule has 0 radical (unpaired) electrons. The Hall–Kier alpha value is -0.710. The molecule has 2 aliphatic rings. The molecule has 3 heterocycles. The number of aromatic nitrogens is 2. The zero-order valence-corrected chi connectivity index (χ0v) is 10.9. The van der Waals surface area contributed by atoms with Gasteiger partial charge in [-0.1, -0.05) is 11.6 Å². The van der Waals surface area contributed by atoms with Crippen molar-refractivity contribution in [3.05, 3.63) is 22.5 Å². The van der Waals surface area contributed by atoms with E-state index in [2.05, 4.69) is 22.0 Å². The van der Waals surface area contributed by atoms with Gasteiger partial charge < -0.3 is 4.74 Å². The van der Waals surface area contributed by atoms with Gasteiger partial charge >= 0.3 is 0 Å². The number of nitrogens with zero attached hydrogens (tertiary/aromatic N) is 3. The van der Waals surface area contributed by atoms with Crippen molar-refractivity contribution in [2.24, 2.45) is 5.41 Å². The van der Waals surface area contributed by atoms with Gasteiger partial charge in [-0.3, -0.25) is 4.90 Å². The summed E-state index contributed by atoms with van der Waals surface area (Å²) in [5, 5.41) is 8.62. The third kappa shape index (κ3) is 1.84. The standard InChI is InChI=1S/C12H16ClN3O/c1-8-3-10(13)14-15-11(8)9(2)16-4-12(5-16)6-17-7-12/h3,9H,4-7H2,1-2H3. The molecule has 0 amide bonds. The summed E-state index contributed by atoms with van der Waals surface area (Å²) >= 11 is 5.82. The minimum absolute atomic E-state index is 0.311. The molecular formula is C12H16ClN3O. The molecule has 1 spiro atoms. The molecule has 3 rings (SSSR count). The average molecular weight is 254 g/mol. The Morgan fingerprint density at radius 2 is 2.12 bits per heavy atom. The van der Waals surface area contributed by atoms with Crippen molar-refractivity contribution >= 4 is 11.6 Å². The zero-order valence-electron chi connectivity index (χ0n) is 10.1. The number of halogens is 1. The number of hydrogen-bond acceptors (Lipinski definition) is 4. The van der Waals surface area contributed by atoms with Gasteiger partial charge in [-0.05, 0) is 25.5 Å².